The van der Waals surface area contributed by atoms with Gasteiger partial charge in [0, 0.05) is 18.2 Å². The molecule has 4 heteroatoms. The lowest BCUT2D eigenvalue weighted by atomic mass is 10.0. The zero-order valence-electron chi connectivity index (χ0n) is 10.8. The van der Waals surface area contributed by atoms with Gasteiger partial charge < -0.3 is 15.5 Å². The van der Waals surface area contributed by atoms with Gasteiger partial charge in [0.2, 0.25) is 0 Å². The molecule has 0 spiro atoms. The van der Waals surface area contributed by atoms with E-state index in [0.29, 0.717) is 17.5 Å². The first-order chi connectivity index (χ1) is 8.67. The quantitative estimate of drug-likeness (QED) is 0.680. The highest BCUT2D eigenvalue weighted by Gasteiger charge is 2.09. The summed E-state index contributed by atoms with van der Waals surface area (Å²) in [4.78, 5) is 0. The summed E-state index contributed by atoms with van der Waals surface area (Å²) in [5, 5.41) is 22.8. The fraction of sp³-hybridized carbons (Fsp3) is 0.571. The fourth-order valence-corrected chi connectivity index (χ4v) is 1.99. The Bertz CT molecular complexity index is 329. The molecular formula is C14H22ClNO2. The van der Waals surface area contributed by atoms with E-state index in [1.54, 1.807) is 12.1 Å². The Hall–Kier alpha value is -0.610. The summed E-state index contributed by atoms with van der Waals surface area (Å²) in [6, 6.07) is 7.22. The summed E-state index contributed by atoms with van der Waals surface area (Å²) in [6.07, 6.45) is 1.32. The molecule has 1 aromatic rings. The van der Waals surface area contributed by atoms with E-state index in [2.05, 4.69) is 12.2 Å². The topological polar surface area (TPSA) is 52.5 Å². The molecule has 0 heterocycles. The molecule has 2 atom stereocenters. The maximum Gasteiger partial charge on any atom is 0.0914 e. The lowest BCUT2D eigenvalue weighted by Gasteiger charge is -2.17. The summed E-state index contributed by atoms with van der Waals surface area (Å²) >= 11 is 5.79. The van der Waals surface area contributed by atoms with Gasteiger partial charge in [0.1, 0.15) is 0 Å². The summed E-state index contributed by atoms with van der Waals surface area (Å²) in [5.74, 6) is 0.465. The Labute approximate surface area is 114 Å². The van der Waals surface area contributed by atoms with Crippen molar-refractivity contribution >= 4 is 11.6 Å². The molecule has 0 radical (unpaired) electrons. The van der Waals surface area contributed by atoms with Gasteiger partial charge in [-0.3, -0.25) is 0 Å². The minimum atomic E-state index is -0.520. The third-order valence-corrected chi connectivity index (χ3v) is 3.39. The van der Waals surface area contributed by atoms with Gasteiger partial charge in [0.05, 0.1) is 6.10 Å². The highest BCUT2D eigenvalue weighted by atomic mass is 35.5. The number of nitrogens with one attached hydrogen (secondary N) is 1. The van der Waals surface area contributed by atoms with E-state index in [1.807, 2.05) is 12.1 Å². The van der Waals surface area contributed by atoms with Crippen molar-refractivity contribution in [3.05, 3.63) is 34.9 Å². The van der Waals surface area contributed by atoms with Crippen LogP contribution < -0.4 is 5.32 Å². The van der Waals surface area contributed by atoms with Crippen LogP contribution in [0.15, 0.2) is 24.3 Å². The van der Waals surface area contributed by atoms with Gasteiger partial charge in [0.15, 0.2) is 0 Å². The van der Waals surface area contributed by atoms with Crippen molar-refractivity contribution in [3.8, 4) is 0 Å². The van der Waals surface area contributed by atoms with Gasteiger partial charge in [-0.2, -0.15) is 0 Å². The average molecular weight is 272 g/mol. The van der Waals surface area contributed by atoms with E-state index >= 15 is 0 Å². The van der Waals surface area contributed by atoms with E-state index in [0.717, 1.165) is 24.9 Å². The normalized spacial score (nSPS) is 14.4. The molecule has 3 nitrogen and oxygen atoms in total. The second-order valence-corrected chi connectivity index (χ2v) is 4.95. The van der Waals surface area contributed by atoms with E-state index < -0.39 is 6.10 Å². The molecular weight excluding hydrogens is 250 g/mol. The van der Waals surface area contributed by atoms with Crippen LogP contribution in [0.4, 0.5) is 0 Å². The first-order valence-corrected chi connectivity index (χ1v) is 6.80. The van der Waals surface area contributed by atoms with E-state index in [1.165, 1.54) is 0 Å². The van der Waals surface area contributed by atoms with Crippen molar-refractivity contribution in [3.63, 3.8) is 0 Å². The first kappa shape index (κ1) is 15.4. The van der Waals surface area contributed by atoms with Crippen LogP contribution in [-0.2, 0) is 0 Å². The number of rotatable bonds is 8. The molecule has 1 aromatic carbocycles. The van der Waals surface area contributed by atoms with Crippen molar-refractivity contribution in [2.75, 3.05) is 19.7 Å². The van der Waals surface area contributed by atoms with Crippen LogP contribution >= 0.6 is 11.6 Å². The fourth-order valence-electron chi connectivity index (χ4n) is 1.86. The number of hydrogen-bond donors (Lipinski definition) is 3. The molecule has 0 saturated heterocycles. The van der Waals surface area contributed by atoms with Crippen LogP contribution in [0.3, 0.4) is 0 Å². The first-order valence-electron chi connectivity index (χ1n) is 6.42. The maximum atomic E-state index is 9.97. The predicted molar refractivity (Wildman–Crippen MR) is 74.8 cm³/mol. The molecule has 0 aromatic heterocycles. The molecule has 102 valence electrons. The molecule has 18 heavy (non-hydrogen) atoms. The largest absolute Gasteiger partial charge is 0.396 e. The molecule has 0 saturated carbocycles. The lowest BCUT2D eigenvalue weighted by Crippen LogP contribution is -2.27. The van der Waals surface area contributed by atoms with Crippen molar-refractivity contribution in [2.45, 2.75) is 25.9 Å². The van der Waals surface area contributed by atoms with Crippen molar-refractivity contribution < 1.29 is 10.2 Å². The molecule has 2 unspecified atom stereocenters. The van der Waals surface area contributed by atoms with Crippen LogP contribution in [0.25, 0.3) is 0 Å². The van der Waals surface area contributed by atoms with Crippen LogP contribution in [0, 0.1) is 5.92 Å². The minimum absolute atomic E-state index is 0.222. The Morgan fingerprint density at radius 3 is 2.44 bits per heavy atom. The number of aliphatic hydroxyl groups is 2. The number of hydrogen-bond acceptors (Lipinski definition) is 3. The van der Waals surface area contributed by atoms with Gasteiger partial charge in [-0.15, -0.1) is 0 Å². The third-order valence-electron chi connectivity index (χ3n) is 3.14. The zero-order valence-corrected chi connectivity index (χ0v) is 11.5. The zero-order chi connectivity index (χ0) is 13.4. The van der Waals surface area contributed by atoms with Gasteiger partial charge in [-0.25, -0.2) is 0 Å². The van der Waals surface area contributed by atoms with Crippen molar-refractivity contribution in [1.82, 2.24) is 5.32 Å². The number of halogens is 1. The van der Waals surface area contributed by atoms with Crippen molar-refractivity contribution in [2.24, 2.45) is 5.92 Å². The smallest absolute Gasteiger partial charge is 0.0914 e. The van der Waals surface area contributed by atoms with E-state index in [9.17, 15) is 5.11 Å². The average Bonchev–Trinajstić information content (AvgIpc) is 2.38. The molecule has 0 aliphatic heterocycles. The van der Waals surface area contributed by atoms with E-state index in [-0.39, 0.29) is 6.61 Å². The summed E-state index contributed by atoms with van der Waals surface area (Å²) in [5.41, 5.74) is 0.863. The SMILES string of the molecule is CCC(CCO)CNCC(O)c1ccc(Cl)cc1. The Balaban J connectivity index is 2.32. The summed E-state index contributed by atoms with van der Waals surface area (Å²) in [6.45, 7) is 3.67. The molecule has 3 N–H and O–H groups in total. The Morgan fingerprint density at radius 1 is 1.22 bits per heavy atom. The summed E-state index contributed by atoms with van der Waals surface area (Å²) in [7, 11) is 0. The van der Waals surface area contributed by atoms with Gasteiger partial charge in [-0.05, 0) is 36.6 Å². The minimum Gasteiger partial charge on any atom is -0.396 e. The highest BCUT2D eigenvalue weighted by Crippen LogP contribution is 2.16. The lowest BCUT2D eigenvalue weighted by molar-refractivity contribution is 0.170. The highest BCUT2D eigenvalue weighted by molar-refractivity contribution is 6.30. The van der Waals surface area contributed by atoms with Crippen LogP contribution in [0.2, 0.25) is 5.02 Å². The predicted octanol–water partition coefficient (Wildman–Crippen LogP) is 2.37. The molecule has 0 aliphatic carbocycles. The van der Waals surface area contributed by atoms with Crippen LogP contribution in [0.1, 0.15) is 31.4 Å². The second kappa shape index (κ2) is 8.48. The van der Waals surface area contributed by atoms with Crippen LogP contribution in [-0.4, -0.2) is 29.9 Å². The van der Waals surface area contributed by atoms with Crippen molar-refractivity contribution in [1.29, 1.82) is 0 Å². The molecule has 1 rings (SSSR count). The summed E-state index contributed by atoms with van der Waals surface area (Å²) < 4.78 is 0. The molecule has 0 amide bonds. The standard InChI is InChI=1S/C14H22ClNO2/c1-2-11(7-8-17)9-16-10-14(18)12-3-5-13(15)6-4-12/h3-6,11,14,16-18H,2,7-10H2,1H3. The number of benzene rings is 1. The van der Waals surface area contributed by atoms with Gasteiger partial charge >= 0.3 is 0 Å². The number of aliphatic hydroxyl groups excluding tert-OH is 2. The maximum absolute atomic E-state index is 9.97. The second-order valence-electron chi connectivity index (χ2n) is 4.51. The monoisotopic (exact) mass is 271 g/mol. The molecule has 0 fully saturated rings. The third kappa shape index (κ3) is 5.36. The molecule has 0 bridgehead atoms. The van der Waals surface area contributed by atoms with E-state index in [4.69, 9.17) is 16.7 Å². The van der Waals surface area contributed by atoms with Gasteiger partial charge in [0.25, 0.3) is 0 Å². The van der Waals surface area contributed by atoms with Crippen LogP contribution in [0.5, 0.6) is 0 Å². The molecule has 0 aliphatic rings. The Kier molecular flexibility index (Phi) is 7.28. The Morgan fingerprint density at radius 2 is 1.89 bits per heavy atom. The van der Waals surface area contributed by atoms with Gasteiger partial charge in [-0.1, -0.05) is 37.1 Å².